The molecule has 2 rings (SSSR count). The molecular weight excluding hydrogens is 266 g/mol. The Morgan fingerprint density at radius 2 is 2.00 bits per heavy atom. The molecule has 0 aromatic heterocycles. The molecule has 1 aromatic carbocycles. The summed E-state index contributed by atoms with van der Waals surface area (Å²) in [4.78, 5) is 22.8. The lowest BCUT2D eigenvalue weighted by Gasteiger charge is -2.26. The number of carbonyl (C=O) groups is 2. The molecule has 104 valence electrons. The summed E-state index contributed by atoms with van der Waals surface area (Å²) in [6, 6.07) is 7.07. The highest BCUT2D eigenvalue weighted by atomic mass is 35.5. The van der Waals surface area contributed by atoms with Gasteiger partial charge >= 0.3 is 0 Å². The third-order valence-corrected chi connectivity index (χ3v) is 3.18. The first-order chi connectivity index (χ1) is 8.58. The SMILES string of the molecule is C[C@H](NC(=O)C1Cc2ccccc2CN1)C(N)=O.Cl. The minimum absolute atomic E-state index is 0. The molecular formula is C13H18ClN3O2. The van der Waals surface area contributed by atoms with Crippen molar-refractivity contribution in [2.45, 2.75) is 32.0 Å². The van der Waals surface area contributed by atoms with Crippen LogP contribution in [0.4, 0.5) is 0 Å². The molecule has 0 radical (unpaired) electrons. The zero-order chi connectivity index (χ0) is 13.1. The number of primary amides is 1. The van der Waals surface area contributed by atoms with E-state index in [2.05, 4.69) is 10.6 Å². The molecule has 1 aliphatic heterocycles. The summed E-state index contributed by atoms with van der Waals surface area (Å²) in [7, 11) is 0. The number of amides is 2. The van der Waals surface area contributed by atoms with Crippen LogP contribution in [0.1, 0.15) is 18.1 Å². The van der Waals surface area contributed by atoms with Crippen molar-refractivity contribution < 1.29 is 9.59 Å². The van der Waals surface area contributed by atoms with E-state index in [4.69, 9.17) is 5.73 Å². The molecule has 5 nitrogen and oxygen atoms in total. The molecule has 1 unspecified atom stereocenters. The van der Waals surface area contributed by atoms with Crippen LogP contribution in [-0.2, 0) is 22.6 Å². The second-order valence-electron chi connectivity index (χ2n) is 4.54. The Kier molecular flexibility index (Phi) is 5.32. The predicted molar refractivity (Wildman–Crippen MR) is 74.8 cm³/mol. The molecule has 0 bridgehead atoms. The van der Waals surface area contributed by atoms with Gasteiger partial charge in [-0.1, -0.05) is 24.3 Å². The molecule has 4 N–H and O–H groups in total. The molecule has 0 saturated carbocycles. The summed E-state index contributed by atoms with van der Waals surface area (Å²) in [6.07, 6.45) is 0.632. The molecule has 6 heteroatoms. The third kappa shape index (κ3) is 3.68. The minimum Gasteiger partial charge on any atom is -0.368 e. The Labute approximate surface area is 118 Å². The van der Waals surface area contributed by atoms with Crippen molar-refractivity contribution in [1.29, 1.82) is 0 Å². The van der Waals surface area contributed by atoms with Crippen LogP contribution < -0.4 is 16.4 Å². The van der Waals surface area contributed by atoms with Gasteiger partial charge in [-0.25, -0.2) is 0 Å². The molecule has 1 aromatic rings. The van der Waals surface area contributed by atoms with Gasteiger partial charge in [0.05, 0.1) is 6.04 Å². The van der Waals surface area contributed by atoms with Gasteiger partial charge in [0.1, 0.15) is 6.04 Å². The molecule has 1 heterocycles. The maximum Gasteiger partial charge on any atom is 0.239 e. The zero-order valence-electron chi connectivity index (χ0n) is 10.7. The van der Waals surface area contributed by atoms with Crippen molar-refractivity contribution in [2.75, 3.05) is 0 Å². The van der Waals surface area contributed by atoms with Gasteiger partial charge in [0, 0.05) is 6.54 Å². The number of rotatable bonds is 3. The van der Waals surface area contributed by atoms with Crippen LogP contribution in [0.5, 0.6) is 0 Å². The number of halogens is 1. The first-order valence-corrected chi connectivity index (χ1v) is 5.98. The highest BCUT2D eigenvalue weighted by molar-refractivity contribution is 5.89. The summed E-state index contributed by atoms with van der Waals surface area (Å²) in [5.74, 6) is -0.713. The Balaban J connectivity index is 0.00000180. The highest BCUT2D eigenvalue weighted by Crippen LogP contribution is 2.16. The van der Waals surface area contributed by atoms with Gasteiger partial charge in [0.15, 0.2) is 0 Å². The fourth-order valence-corrected chi connectivity index (χ4v) is 2.02. The number of nitrogens with one attached hydrogen (secondary N) is 2. The standard InChI is InChI=1S/C13H17N3O2.ClH/c1-8(12(14)17)16-13(18)11-6-9-4-2-3-5-10(9)7-15-11;/h2-5,8,11,15H,6-7H2,1H3,(H2,14,17)(H,16,18);1H/t8-,11?;/m0./s1. The Bertz CT molecular complexity index is 479. The molecule has 2 amide bonds. The fraction of sp³-hybridized carbons (Fsp3) is 0.385. The third-order valence-electron chi connectivity index (χ3n) is 3.18. The lowest BCUT2D eigenvalue weighted by atomic mass is 9.95. The van der Waals surface area contributed by atoms with E-state index in [1.165, 1.54) is 11.1 Å². The van der Waals surface area contributed by atoms with Crippen LogP contribution in [0.2, 0.25) is 0 Å². The topological polar surface area (TPSA) is 84.2 Å². The van der Waals surface area contributed by atoms with Gasteiger partial charge in [-0.05, 0) is 24.5 Å². The fourth-order valence-electron chi connectivity index (χ4n) is 2.02. The Morgan fingerprint density at radius 3 is 2.63 bits per heavy atom. The second-order valence-corrected chi connectivity index (χ2v) is 4.54. The Morgan fingerprint density at radius 1 is 1.37 bits per heavy atom. The number of fused-ring (bicyclic) bond motifs is 1. The van der Waals surface area contributed by atoms with E-state index in [1.807, 2.05) is 24.3 Å². The van der Waals surface area contributed by atoms with Gasteiger partial charge in [0.25, 0.3) is 0 Å². The van der Waals surface area contributed by atoms with Crippen LogP contribution in [0.25, 0.3) is 0 Å². The number of hydrogen-bond acceptors (Lipinski definition) is 3. The van der Waals surface area contributed by atoms with Gasteiger partial charge in [-0.3, -0.25) is 9.59 Å². The van der Waals surface area contributed by atoms with Crippen LogP contribution in [-0.4, -0.2) is 23.9 Å². The van der Waals surface area contributed by atoms with E-state index in [-0.39, 0.29) is 24.4 Å². The Hall–Kier alpha value is -1.59. The number of benzene rings is 1. The van der Waals surface area contributed by atoms with Gasteiger partial charge in [-0.2, -0.15) is 0 Å². The van der Waals surface area contributed by atoms with Crippen molar-refractivity contribution in [3.63, 3.8) is 0 Å². The molecule has 1 aliphatic rings. The van der Waals surface area contributed by atoms with Crippen LogP contribution in [0, 0.1) is 0 Å². The van der Waals surface area contributed by atoms with Gasteiger partial charge in [-0.15, -0.1) is 12.4 Å². The summed E-state index contributed by atoms with van der Waals surface area (Å²) < 4.78 is 0. The van der Waals surface area contributed by atoms with Crippen molar-refractivity contribution in [2.24, 2.45) is 5.73 Å². The summed E-state index contributed by atoms with van der Waals surface area (Å²) in [5.41, 5.74) is 7.50. The van der Waals surface area contributed by atoms with E-state index in [0.29, 0.717) is 13.0 Å². The average molecular weight is 284 g/mol. The summed E-state index contributed by atoms with van der Waals surface area (Å²) >= 11 is 0. The predicted octanol–water partition coefficient (Wildman–Crippen LogP) is 0.113. The van der Waals surface area contributed by atoms with E-state index in [0.717, 1.165) is 0 Å². The van der Waals surface area contributed by atoms with Crippen LogP contribution in [0.3, 0.4) is 0 Å². The van der Waals surface area contributed by atoms with Crippen LogP contribution in [0.15, 0.2) is 24.3 Å². The first-order valence-electron chi connectivity index (χ1n) is 5.98. The maximum atomic E-state index is 11.9. The molecule has 2 atom stereocenters. The lowest BCUT2D eigenvalue weighted by molar-refractivity contribution is -0.128. The largest absolute Gasteiger partial charge is 0.368 e. The molecule has 0 aliphatic carbocycles. The molecule has 0 saturated heterocycles. The van der Waals surface area contributed by atoms with Crippen molar-refractivity contribution in [1.82, 2.24) is 10.6 Å². The second kappa shape index (κ2) is 6.54. The average Bonchev–Trinajstić information content (AvgIpc) is 2.37. The van der Waals surface area contributed by atoms with Gasteiger partial charge in [0.2, 0.25) is 11.8 Å². The van der Waals surface area contributed by atoms with E-state index < -0.39 is 11.9 Å². The monoisotopic (exact) mass is 283 g/mol. The number of hydrogen-bond donors (Lipinski definition) is 3. The van der Waals surface area contributed by atoms with Crippen molar-refractivity contribution in [3.8, 4) is 0 Å². The van der Waals surface area contributed by atoms with E-state index in [9.17, 15) is 9.59 Å². The highest BCUT2D eigenvalue weighted by Gasteiger charge is 2.25. The first kappa shape index (κ1) is 15.5. The normalized spacial score (nSPS) is 18.7. The number of nitrogens with two attached hydrogens (primary N) is 1. The zero-order valence-corrected chi connectivity index (χ0v) is 11.5. The molecule has 0 spiro atoms. The van der Waals surface area contributed by atoms with Crippen LogP contribution >= 0.6 is 12.4 Å². The summed E-state index contributed by atoms with van der Waals surface area (Å²) in [5, 5.41) is 5.76. The maximum absolute atomic E-state index is 11.9. The molecule has 0 fully saturated rings. The quantitative estimate of drug-likeness (QED) is 0.736. The lowest BCUT2D eigenvalue weighted by Crippen LogP contribution is -2.52. The van der Waals surface area contributed by atoms with E-state index in [1.54, 1.807) is 6.92 Å². The minimum atomic E-state index is -0.642. The number of carbonyl (C=O) groups excluding carboxylic acids is 2. The van der Waals surface area contributed by atoms with E-state index >= 15 is 0 Å². The van der Waals surface area contributed by atoms with Gasteiger partial charge < -0.3 is 16.4 Å². The smallest absolute Gasteiger partial charge is 0.239 e. The van der Waals surface area contributed by atoms with Crippen molar-refractivity contribution in [3.05, 3.63) is 35.4 Å². The molecule has 19 heavy (non-hydrogen) atoms. The van der Waals surface area contributed by atoms with Crippen molar-refractivity contribution >= 4 is 24.2 Å². The summed E-state index contributed by atoms with van der Waals surface area (Å²) in [6.45, 7) is 2.25.